The third kappa shape index (κ3) is 2.37. The molecule has 0 aliphatic carbocycles. The molecule has 0 aliphatic rings. The van der Waals surface area contributed by atoms with E-state index in [4.69, 9.17) is 4.74 Å². The molecule has 1 aromatic carbocycles. The molecule has 0 spiro atoms. The molecule has 1 N–H and O–H groups in total. The molecule has 3 aromatic rings. The molecule has 0 unspecified atom stereocenters. The van der Waals surface area contributed by atoms with Gasteiger partial charge in [-0.15, -0.1) is 0 Å². The van der Waals surface area contributed by atoms with Crippen LogP contribution in [0.25, 0.3) is 16.7 Å². The number of fused-ring (bicyclic) bond motifs is 1. The molecule has 0 atom stereocenters. The summed E-state index contributed by atoms with van der Waals surface area (Å²) in [7, 11) is 0. The van der Waals surface area contributed by atoms with Crippen LogP contribution >= 0.6 is 0 Å². The standard InChI is InChI=1S/C15H12FN3O3/c1-2-22-15(21)12-7-9-8-17-19(13(9)18-14(12)20)11-5-3-10(16)4-6-11/h3-8H,2H2,1H3,(H,18,20). The number of H-pyrrole nitrogens is 1. The Morgan fingerprint density at radius 1 is 1.36 bits per heavy atom. The maximum Gasteiger partial charge on any atom is 0.343 e. The summed E-state index contributed by atoms with van der Waals surface area (Å²) in [5.74, 6) is -1.04. The van der Waals surface area contributed by atoms with Crippen LogP contribution in [0.3, 0.4) is 0 Å². The number of aromatic amines is 1. The van der Waals surface area contributed by atoms with Gasteiger partial charge in [-0.1, -0.05) is 0 Å². The topological polar surface area (TPSA) is 77.0 Å². The van der Waals surface area contributed by atoms with Gasteiger partial charge in [0, 0.05) is 5.39 Å². The van der Waals surface area contributed by atoms with E-state index in [0.717, 1.165) is 0 Å². The Kier molecular flexibility index (Phi) is 3.46. The van der Waals surface area contributed by atoms with Gasteiger partial charge in [0.2, 0.25) is 0 Å². The van der Waals surface area contributed by atoms with Crippen molar-refractivity contribution < 1.29 is 13.9 Å². The molecule has 0 radical (unpaired) electrons. The molecule has 0 fully saturated rings. The molecule has 0 saturated heterocycles. The number of hydrogen-bond acceptors (Lipinski definition) is 4. The maximum atomic E-state index is 13.0. The number of hydrogen-bond donors (Lipinski definition) is 1. The summed E-state index contributed by atoms with van der Waals surface area (Å²) >= 11 is 0. The molecular formula is C15H12FN3O3. The average molecular weight is 301 g/mol. The summed E-state index contributed by atoms with van der Waals surface area (Å²) in [6.45, 7) is 1.85. The third-order valence-electron chi connectivity index (χ3n) is 3.14. The first-order valence-electron chi connectivity index (χ1n) is 6.64. The van der Waals surface area contributed by atoms with Crippen LogP contribution in [0, 0.1) is 5.82 Å². The zero-order valence-corrected chi connectivity index (χ0v) is 11.7. The summed E-state index contributed by atoms with van der Waals surface area (Å²) in [6.07, 6.45) is 1.51. The van der Waals surface area contributed by atoms with Crippen molar-refractivity contribution in [1.29, 1.82) is 0 Å². The van der Waals surface area contributed by atoms with Crippen molar-refractivity contribution in [3.8, 4) is 5.69 Å². The zero-order chi connectivity index (χ0) is 15.7. The Balaban J connectivity index is 2.13. The van der Waals surface area contributed by atoms with Crippen LogP contribution in [0.1, 0.15) is 17.3 Å². The van der Waals surface area contributed by atoms with Gasteiger partial charge in [-0.2, -0.15) is 5.10 Å². The summed E-state index contributed by atoms with van der Waals surface area (Å²) in [4.78, 5) is 26.3. The van der Waals surface area contributed by atoms with Crippen molar-refractivity contribution in [2.24, 2.45) is 0 Å². The predicted octanol–water partition coefficient (Wildman–Crippen LogP) is 2.03. The van der Waals surface area contributed by atoms with E-state index in [0.29, 0.717) is 16.7 Å². The lowest BCUT2D eigenvalue weighted by atomic mass is 10.2. The van der Waals surface area contributed by atoms with Crippen LogP contribution in [0.4, 0.5) is 4.39 Å². The molecule has 7 heteroatoms. The summed E-state index contributed by atoms with van der Waals surface area (Å²) < 4.78 is 19.3. The zero-order valence-electron chi connectivity index (χ0n) is 11.7. The van der Waals surface area contributed by atoms with Crippen molar-refractivity contribution >= 4 is 17.0 Å². The quantitative estimate of drug-likeness (QED) is 0.751. The number of halogens is 1. The first kappa shape index (κ1) is 14.0. The number of aromatic nitrogens is 3. The van der Waals surface area contributed by atoms with Crippen LogP contribution < -0.4 is 5.56 Å². The predicted molar refractivity (Wildman–Crippen MR) is 77.6 cm³/mol. The minimum Gasteiger partial charge on any atom is -0.462 e. The Morgan fingerprint density at radius 3 is 2.77 bits per heavy atom. The first-order chi connectivity index (χ1) is 10.6. The van der Waals surface area contributed by atoms with E-state index in [2.05, 4.69) is 10.1 Å². The number of esters is 1. The normalized spacial score (nSPS) is 10.8. The van der Waals surface area contributed by atoms with Gasteiger partial charge in [0.1, 0.15) is 17.0 Å². The summed E-state index contributed by atoms with van der Waals surface area (Å²) in [5.41, 5.74) is 0.378. The number of benzene rings is 1. The first-order valence-corrected chi connectivity index (χ1v) is 6.64. The molecule has 22 heavy (non-hydrogen) atoms. The van der Waals surface area contributed by atoms with Gasteiger partial charge in [0.25, 0.3) is 5.56 Å². The van der Waals surface area contributed by atoms with E-state index < -0.39 is 11.5 Å². The summed E-state index contributed by atoms with van der Waals surface area (Å²) in [5, 5.41) is 4.73. The third-order valence-corrected chi connectivity index (χ3v) is 3.14. The van der Waals surface area contributed by atoms with Gasteiger partial charge >= 0.3 is 5.97 Å². The Hall–Kier alpha value is -2.96. The number of pyridine rings is 1. The number of carbonyl (C=O) groups excluding carboxylic acids is 1. The van der Waals surface area contributed by atoms with E-state index >= 15 is 0 Å². The van der Waals surface area contributed by atoms with E-state index in [9.17, 15) is 14.0 Å². The Morgan fingerprint density at radius 2 is 2.09 bits per heavy atom. The van der Waals surface area contributed by atoms with Gasteiger partial charge < -0.3 is 9.72 Å². The van der Waals surface area contributed by atoms with Crippen molar-refractivity contribution in [2.45, 2.75) is 6.92 Å². The second-order valence-electron chi connectivity index (χ2n) is 4.57. The summed E-state index contributed by atoms with van der Waals surface area (Å²) in [6, 6.07) is 7.11. The van der Waals surface area contributed by atoms with Crippen molar-refractivity contribution in [3.63, 3.8) is 0 Å². The second-order valence-corrected chi connectivity index (χ2v) is 4.57. The number of rotatable bonds is 3. The molecule has 0 amide bonds. The van der Waals surface area contributed by atoms with Crippen LogP contribution in [-0.2, 0) is 4.74 Å². The Bertz CT molecular complexity index is 897. The smallest absolute Gasteiger partial charge is 0.343 e. The highest BCUT2D eigenvalue weighted by Crippen LogP contribution is 2.16. The fourth-order valence-corrected chi connectivity index (χ4v) is 2.13. The molecule has 3 rings (SSSR count). The SMILES string of the molecule is CCOC(=O)c1cc2cnn(-c3ccc(F)cc3)c2[nH]c1=O. The van der Waals surface area contributed by atoms with Crippen molar-refractivity contribution in [3.05, 3.63) is 58.3 Å². The highest BCUT2D eigenvalue weighted by molar-refractivity contribution is 5.93. The number of carbonyl (C=O) groups is 1. The lowest BCUT2D eigenvalue weighted by Gasteiger charge is -2.04. The van der Waals surface area contributed by atoms with Gasteiger partial charge in [-0.25, -0.2) is 13.9 Å². The number of nitrogens with zero attached hydrogens (tertiary/aromatic N) is 2. The lowest BCUT2D eigenvalue weighted by Crippen LogP contribution is -2.20. The molecule has 2 heterocycles. The number of ether oxygens (including phenoxy) is 1. The molecule has 6 nitrogen and oxygen atoms in total. The van der Waals surface area contributed by atoms with Crippen LogP contribution in [-0.4, -0.2) is 27.3 Å². The van der Waals surface area contributed by atoms with Gasteiger partial charge in [0.15, 0.2) is 0 Å². The van der Waals surface area contributed by atoms with E-state index in [1.54, 1.807) is 19.1 Å². The van der Waals surface area contributed by atoms with Crippen molar-refractivity contribution in [2.75, 3.05) is 6.61 Å². The fourth-order valence-electron chi connectivity index (χ4n) is 2.13. The van der Waals surface area contributed by atoms with Gasteiger partial charge in [0.05, 0.1) is 18.5 Å². The minimum atomic E-state index is -0.680. The molecule has 0 saturated carbocycles. The van der Waals surface area contributed by atoms with Gasteiger partial charge in [-0.3, -0.25) is 4.79 Å². The molecule has 2 aromatic heterocycles. The second kappa shape index (κ2) is 5.44. The fraction of sp³-hybridized carbons (Fsp3) is 0.133. The van der Waals surface area contributed by atoms with Gasteiger partial charge in [-0.05, 0) is 37.3 Å². The van der Waals surface area contributed by atoms with Crippen LogP contribution in [0.5, 0.6) is 0 Å². The monoisotopic (exact) mass is 301 g/mol. The molecule has 0 aliphatic heterocycles. The maximum absolute atomic E-state index is 13.0. The van der Waals surface area contributed by atoms with Crippen LogP contribution in [0.2, 0.25) is 0 Å². The highest BCUT2D eigenvalue weighted by atomic mass is 19.1. The Labute approximate surface area is 124 Å². The minimum absolute atomic E-state index is 0.0759. The molecule has 112 valence electrons. The van der Waals surface area contributed by atoms with Crippen molar-refractivity contribution in [1.82, 2.24) is 14.8 Å². The van der Waals surface area contributed by atoms with E-state index in [1.807, 2.05) is 0 Å². The highest BCUT2D eigenvalue weighted by Gasteiger charge is 2.15. The largest absolute Gasteiger partial charge is 0.462 e. The lowest BCUT2D eigenvalue weighted by molar-refractivity contribution is 0.0524. The van der Waals surface area contributed by atoms with E-state index in [-0.39, 0.29) is 18.0 Å². The molecule has 0 bridgehead atoms. The number of nitrogens with one attached hydrogen (secondary N) is 1. The van der Waals surface area contributed by atoms with Crippen LogP contribution in [0.15, 0.2) is 41.3 Å². The average Bonchev–Trinajstić information content (AvgIpc) is 2.90. The van der Waals surface area contributed by atoms with E-state index in [1.165, 1.54) is 29.1 Å². The molecular weight excluding hydrogens is 289 g/mol.